The highest BCUT2D eigenvalue weighted by atomic mass is 16.5. The summed E-state index contributed by atoms with van der Waals surface area (Å²) in [5.74, 6) is 1.25. The van der Waals surface area contributed by atoms with E-state index >= 15 is 0 Å². The second-order valence-electron chi connectivity index (χ2n) is 5.40. The minimum atomic E-state index is -0.468. The molecule has 6 heteroatoms. The molecule has 0 heterocycles. The minimum absolute atomic E-state index is 0.272. The molecule has 0 amide bonds. The molecule has 2 rings (SSSR count). The lowest BCUT2D eigenvalue weighted by Gasteiger charge is -2.09. The van der Waals surface area contributed by atoms with Gasteiger partial charge in [0.05, 0.1) is 23.6 Å². The molecule has 2 unspecified atom stereocenters. The van der Waals surface area contributed by atoms with E-state index in [1.807, 2.05) is 24.3 Å². The molecule has 0 aliphatic rings. The maximum absolute atomic E-state index is 8.94. The molecule has 6 N–H and O–H groups in total. The molecule has 0 aliphatic carbocycles. The Labute approximate surface area is 142 Å². The summed E-state index contributed by atoms with van der Waals surface area (Å²) >= 11 is 0. The highest BCUT2D eigenvalue weighted by Gasteiger charge is 2.01. The summed E-state index contributed by atoms with van der Waals surface area (Å²) in [6.45, 7) is 3.88. The Morgan fingerprint density at radius 1 is 0.750 bits per heavy atom. The Bertz CT molecular complexity index is 550. The Balaban J connectivity index is 0.000000240. The SMILES string of the molecule is CC(O)COc1ccccc1N.CC(O)COc1ccccc1N. The van der Waals surface area contributed by atoms with Crippen LogP contribution in [-0.2, 0) is 0 Å². The lowest BCUT2D eigenvalue weighted by molar-refractivity contribution is 0.123. The summed E-state index contributed by atoms with van der Waals surface area (Å²) in [4.78, 5) is 0. The molecule has 0 bridgehead atoms. The van der Waals surface area contributed by atoms with Gasteiger partial charge in [-0.05, 0) is 38.1 Å². The molecule has 2 atom stereocenters. The smallest absolute Gasteiger partial charge is 0.142 e. The summed E-state index contributed by atoms with van der Waals surface area (Å²) in [6.07, 6.45) is -0.936. The predicted octanol–water partition coefficient (Wildman–Crippen LogP) is 2.06. The topological polar surface area (TPSA) is 111 Å². The van der Waals surface area contributed by atoms with Crippen molar-refractivity contribution < 1.29 is 19.7 Å². The summed E-state index contributed by atoms with van der Waals surface area (Å²) < 4.78 is 10.4. The van der Waals surface area contributed by atoms with Gasteiger partial charge in [-0.2, -0.15) is 0 Å². The van der Waals surface area contributed by atoms with Crippen LogP contribution < -0.4 is 20.9 Å². The molecule has 132 valence electrons. The Kier molecular flexibility index (Phi) is 8.46. The third kappa shape index (κ3) is 7.71. The van der Waals surface area contributed by atoms with Gasteiger partial charge in [0.15, 0.2) is 0 Å². The van der Waals surface area contributed by atoms with Gasteiger partial charge < -0.3 is 31.2 Å². The van der Waals surface area contributed by atoms with E-state index in [0.29, 0.717) is 22.9 Å². The van der Waals surface area contributed by atoms with Crippen molar-refractivity contribution in [3.05, 3.63) is 48.5 Å². The number of anilines is 2. The molecule has 0 spiro atoms. The van der Waals surface area contributed by atoms with E-state index in [1.54, 1.807) is 38.1 Å². The third-order valence-electron chi connectivity index (χ3n) is 2.80. The molecule has 0 radical (unpaired) electrons. The van der Waals surface area contributed by atoms with E-state index in [2.05, 4.69) is 0 Å². The number of para-hydroxylation sites is 4. The van der Waals surface area contributed by atoms with Crippen LogP contribution in [0.1, 0.15) is 13.8 Å². The van der Waals surface area contributed by atoms with Crippen LogP contribution in [-0.4, -0.2) is 35.6 Å². The van der Waals surface area contributed by atoms with Crippen molar-refractivity contribution in [1.29, 1.82) is 0 Å². The van der Waals surface area contributed by atoms with Gasteiger partial charge >= 0.3 is 0 Å². The van der Waals surface area contributed by atoms with E-state index in [4.69, 9.17) is 31.2 Å². The van der Waals surface area contributed by atoms with Crippen LogP contribution in [0.3, 0.4) is 0 Å². The van der Waals surface area contributed by atoms with E-state index in [1.165, 1.54) is 0 Å². The van der Waals surface area contributed by atoms with Crippen molar-refractivity contribution in [2.75, 3.05) is 24.7 Å². The molecule has 2 aromatic carbocycles. The van der Waals surface area contributed by atoms with Gasteiger partial charge in [-0.15, -0.1) is 0 Å². The lowest BCUT2D eigenvalue weighted by atomic mass is 10.3. The average Bonchev–Trinajstić information content (AvgIpc) is 2.54. The van der Waals surface area contributed by atoms with Crippen molar-refractivity contribution in [2.45, 2.75) is 26.1 Å². The first-order chi connectivity index (χ1) is 11.4. The standard InChI is InChI=1S/2C9H13NO2/c2*1-7(11)6-12-9-5-3-2-4-8(9)10/h2*2-5,7,11H,6,10H2,1H3. The normalized spacial score (nSPS) is 12.5. The molecule has 6 nitrogen and oxygen atoms in total. The van der Waals surface area contributed by atoms with Gasteiger partial charge in [0.25, 0.3) is 0 Å². The minimum Gasteiger partial charge on any atom is -0.489 e. The van der Waals surface area contributed by atoms with Gasteiger partial charge in [-0.25, -0.2) is 0 Å². The van der Waals surface area contributed by atoms with Crippen LogP contribution in [0, 0.1) is 0 Å². The van der Waals surface area contributed by atoms with Crippen LogP contribution in [0.25, 0.3) is 0 Å². The zero-order valence-corrected chi connectivity index (χ0v) is 14.1. The maximum atomic E-state index is 8.94. The molecule has 24 heavy (non-hydrogen) atoms. The zero-order chi connectivity index (χ0) is 17.9. The summed E-state index contributed by atoms with van der Waals surface area (Å²) in [5.41, 5.74) is 12.4. The molecule has 0 aliphatic heterocycles. The fraction of sp³-hybridized carbons (Fsp3) is 0.333. The monoisotopic (exact) mass is 334 g/mol. The number of benzene rings is 2. The second kappa shape index (κ2) is 10.4. The maximum Gasteiger partial charge on any atom is 0.142 e. The first-order valence-corrected chi connectivity index (χ1v) is 7.71. The van der Waals surface area contributed by atoms with Crippen molar-refractivity contribution >= 4 is 11.4 Å². The Morgan fingerprint density at radius 3 is 1.38 bits per heavy atom. The Morgan fingerprint density at radius 2 is 1.08 bits per heavy atom. The zero-order valence-electron chi connectivity index (χ0n) is 14.1. The largest absolute Gasteiger partial charge is 0.489 e. The predicted molar refractivity (Wildman–Crippen MR) is 96.1 cm³/mol. The number of aliphatic hydroxyl groups is 2. The fourth-order valence-electron chi connectivity index (χ4n) is 1.64. The number of hydrogen-bond donors (Lipinski definition) is 4. The third-order valence-corrected chi connectivity index (χ3v) is 2.80. The van der Waals surface area contributed by atoms with Gasteiger partial charge in [-0.3, -0.25) is 0 Å². The molecule has 2 aromatic rings. The van der Waals surface area contributed by atoms with Gasteiger partial charge in [0.1, 0.15) is 24.7 Å². The number of ether oxygens (including phenoxy) is 2. The van der Waals surface area contributed by atoms with Crippen LogP contribution >= 0.6 is 0 Å². The quantitative estimate of drug-likeness (QED) is 0.602. The first-order valence-electron chi connectivity index (χ1n) is 7.71. The summed E-state index contributed by atoms with van der Waals surface area (Å²) in [5, 5.41) is 17.9. The number of nitrogens with two attached hydrogens (primary N) is 2. The van der Waals surface area contributed by atoms with E-state index in [-0.39, 0.29) is 13.2 Å². The van der Waals surface area contributed by atoms with Crippen molar-refractivity contribution in [3.63, 3.8) is 0 Å². The van der Waals surface area contributed by atoms with Crippen LogP contribution in [0.4, 0.5) is 11.4 Å². The number of aliphatic hydroxyl groups excluding tert-OH is 2. The van der Waals surface area contributed by atoms with Gasteiger partial charge in [-0.1, -0.05) is 24.3 Å². The number of nitrogen functional groups attached to an aromatic ring is 2. The van der Waals surface area contributed by atoms with Crippen LogP contribution in [0.15, 0.2) is 48.5 Å². The highest BCUT2D eigenvalue weighted by Crippen LogP contribution is 2.20. The second-order valence-corrected chi connectivity index (χ2v) is 5.40. The van der Waals surface area contributed by atoms with Crippen LogP contribution in [0.2, 0.25) is 0 Å². The number of hydrogen-bond acceptors (Lipinski definition) is 6. The summed E-state index contributed by atoms with van der Waals surface area (Å²) in [7, 11) is 0. The van der Waals surface area contributed by atoms with Crippen molar-refractivity contribution in [1.82, 2.24) is 0 Å². The lowest BCUT2D eigenvalue weighted by Crippen LogP contribution is -2.13. The van der Waals surface area contributed by atoms with Crippen molar-refractivity contribution in [2.24, 2.45) is 0 Å². The summed E-state index contributed by atoms with van der Waals surface area (Å²) in [6, 6.07) is 14.4. The molecule has 0 saturated heterocycles. The fourth-order valence-corrected chi connectivity index (χ4v) is 1.64. The van der Waals surface area contributed by atoms with Gasteiger partial charge in [0.2, 0.25) is 0 Å². The van der Waals surface area contributed by atoms with E-state index in [0.717, 1.165) is 0 Å². The van der Waals surface area contributed by atoms with E-state index < -0.39 is 12.2 Å². The van der Waals surface area contributed by atoms with Crippen molar-refractivity contribution in [3.8, 4) is 11.5 Å². The molecule has 0 fully saturated rings. The van der Waals surface area contributed by atoms with Gasteiger partial charge in [0, 0.05) is 0 Å². The molecular formula is C18H26N2O4. The van der Waals surface area contributed by atoms with Crippen LogP contribution in [0.5, 0.6) is 11.5 Å². The average molecular weight is 334 g/mol. The molecule has 0 aromatic heterocycles. The van der Waals surface area contributed by atoms with E-state index in [9.17, 15) is 0 Å². The first kappa shape index (κ1) is 19.6. The number of rotatable bonds is 6. The molecular weight excluding hydrogens is 308 g/mol. The Hall–Kier alpha value is -2.44. The highest BCUT2D eigenvalue weighted by molar-refractivity contribution is 5.52. The molecule has 0 saturated carbocycles.